The maximum atomic E-state index is 14.4. The molecule has 0 saturated heterocycles. The van der Waals surface area contributed by atoms with Crippen LogP contribution in [0.3, 0.4) is 0 Å². The van der Waals surface area contributed by atoms with Gasteiger partial charge in [-0.2, -0.15) is 0 Å². The highest BCUT2D eigenvalue weighted by molar-refractivity contribution is 7.92. The van der Waals surface area contributed by atoms with E-state index < -0.39 is 28.5 Å². The Kier molecular flexibility index (Phi) is 11.7. The van der Waals surface area contributed by atoms with E-state index in [1.54, 1.807) is 30.3 Å². The van der Waals surface area contributed by atoms with Gasteiger partial charge in [0.1, 0.15) is 12.6 Å². The molecule has 1 aliphatic rings. The number of hydrogen-bond donors (Lipinski definition) is 1. The second-order valence-electron chi connectivity index (χ2n) is 11.8. The van der Waals surface area contributed by atoms with Gasteiger partial charge in [0, 0.05) is 19.0 Å². The van der Waals surface area contributed by atoms with E-state index in [2.05, 4.69) is 5.32 Å². The fraction of sp³-hybridized carbons (Fsp3) is 0.412. The molecule has 0 aliphatic heterocycles. The van der Waals surface area contributed by atoms with Crippen LogP contribution in [-0.2, 0) is 32.6 Å². The van der Waals surface area contributed by atoms with Crippen molar-refractivity contribution in [3.8, 4) is 0 Å². The van der Waals surface area contributed by atoms with Gasteiger partial charge < -0.3 is 10.2 Å². The van der Waals surface area contributed by atoms with Gasteiger partial charge in [0.25, 0.3) is 0 Å². The summed E-state index contributed by atoms with van der Waals surface area (Å²) < 4.78 is 27.6. The van der Waals surface area contributed by atoms with E-state index in [0.717, 1.165) is 53.8 Å². The molecule has 4 rings (SSSR count). The third-order valence-electron chi connectivity index (χ3n) is 8.07. The molecule has 0 spiro atoms. The molecule has 0 aromatic heterocycles. The lowest BCUT2D eigenvalue weighted by atomic mass is 9.94. The fourth-order valence-corrected chi connectivity index (χ4v) is 6.92. The van der Waals surface area contributed by atoms with E-state index >= 15 is 0 Å². The van der Waals surface area contributed by atoms with Crippen LogP contribution in [-0.4, -0.2) is 50.0 Å². The van der Waals surface area contributed by atoms with Crippen LogP contribution in [0.1, 0.15) is 68.6 Å². The number of carbonyl (C=O) groups excluding carboxylic acids is 2. The van der Waals surface area contributed by atoms with Gasteiger partial charge in [-0.25, -0.2) is 8.42 Å². The van der Waals surface area contributed by atoms with Gasteiger partial charge in [0.05, 0.1) is 22.0 Å². The molecular formula is C34H41Cl2N3O4S. The first-order chi connectivity index (χ1) is 20.9. The molecule has 0 unspecified atom stereocenters. The molecule has 7 nitrogen and oxygen atoms in total. The average Bonchev–Trinajstić information content (AvgIpc) is 2.99. The Balaban J connectivity index is 1.76. The molecule has 1 saturated carbocycles. The van der Waals surface area contributed by atoms with Crippen LogP contribution in [0.15, 0.2) is 72.8 Å². The Labute approximate surface area is 271 Å². The van der Waals surface area contributed by atoms with Gasteiger partial charge in [0.2, 0.25) is 21.8 Å². The Morgan fingerprint density at radius 3 is 2.18 bits per heavy atom. The number of sulfonamides is 1. The summed E-state index contributed by atoms with van der Waals surface area (Å²) in [6, 6.07) is 20.9. The zero-order chi connectivity index (χ0) is 31.9. The van der Waals surface area contributed by atoms with Gasteiger partial charge in [0.15, 0.2) is 0 Å². The summed E-state index contributed by atoms with van der Waals surface area (Å²) in [5.41, 5.74) is 2.80. The lowest BCUT2D eigenvalue weighted by molar-refractivity contribution is -0.140. The normalized spacial score (nSPS) is 14.7. The van der Waals surface area contributed by atoms with Crippen LogP contribution in [0.2, 0.25) is 10.0 Å². The summed E-state index contributed by atoms with van der Waals surface area (Å²) in [5.74, 6) is -0.743. The number of benzene rings is 3. The van der Waals surface area contributed by atoms with Crippen molar-refractivity contribution in [2.45, 2.75) is 76.9 Å². The summed E-state index contributed by atoms with van der Waals surface area (Å²) in [6.07, 6.45) is 6.35. The first kappa shape index (κ1) is 33.8. The van der Waals surface area contributed by atoms with Crippen LogP contribution < -0.4 is 9.62 Å². The lowest BCUT2D eigenvalue weighted by Gasteiger charge is -2.35. The standard InChI is InChI=1S/C34H41Cl2N3O4S/c1-24(2)28-16-10-11-17-31(28)39(44(3,42)43)23-33(40)38(22-26-18-19-29(35)30(36)20-26)32(21-25-12-6-4-7-13-25)34(41)37-27-14-8-5-9-15-27/h4,6-7,10-13,16-20,24,27,32H,5,8-9,14-15,21-23H2,1-3H3,(H,37,41)/t32-/m1/s1. The molecule has 1 fully saturated rings. The van der Waals surface area contributed by atoms with Crippen molar-refractivity contribution in [3.05, 3.63) is 99.5 Å². The monoisotopic (exact) mass is 657 g/mol. The highest BCUT2D eigenvalue weighted by atomic mass is 35.5. The second-order valence-corrected chi connectivity index (χ2v) is 14.5. The number of nitrogens with one attached hydrogen (secondary N) is 1. The molecule has 0 radical (unpaired) electrons. The minimum Gasteiger partial charge on any atom is -0.352 e. The number of amides is 2. The first-order valence-electron chi connectivity index (χ1n) is 15.1. The quantitative estimate of drug-likeness (QED) is 0.228. The Morgan fingerprint density at radius 2 is 1.55 bits per heavy atom. The topological polar surface area (TPSA) is 86.8 Å². The van der Waals surface area contributed by atoms with Gasteiger partial charge in [-0.3, -0.25) is 13.9 Å². The molecule has 0 bridgehead atoms. The third kappa shape index (κ3) is 8.99. The number of hydrogen-bond acceptors (Lipinski definition) is 4. The number of rotatable bonds is 12. The van der Waals surface area contributed by atoms with E-state index in [9.17, 15) is 18.0 Å². The molecule has 0 heterocycles. The number of anilines is 1. The summed E-state index contributed by atoms with van der Waals surface area (Å²) in [7, 11) is -3.87. The largest absolute Gasteiger partial charge is 0.352 e. The third-order valence-corrected chi connectivity index (χ3v) is 9.93. The lowest BCUT2D eigenvalue weighted by Crippen LogP contribution is -2.55. The van der Waals surface area contributed by atoms with E-state index in [4.69, 9.17) is 23.2 Å². The predicted octanol–water partition coefficient (Wildman–Crippen LogP) is 6.97. The summed E-state index contributed by atoms with van der Waals surface area (Å²) in [5, 5.41) is 3.91. The van der Waals surface area contributed by atoms with E-state index in [1.807, 2.05) is 56.3 Å². The molecule has 10 heteroatoms. The number of nitrogens with zero attached hydrogens (tertiary/aromatic N) is 2. The maximum Gasteiger partial charge on any atom is 0.244 e. The molecule has 1 N–H and O–H groups in total. The average molecular weight is 659 g/mol. The molecule has 44 heavy (non-hydrogen) atoms. The van der Waals surface area contributed by atoms with Crippen LogP contribution in [0.25, 0.3) is 0 Å². The van der Waals surface area contributed by atoms with E-state index in [1.165, 1.54) is 4.90 Å². The van der Waals surface area contributed by atoms with Crippen molar-refractivity contribution in [3.63, 3.8) is 0 Å². The van der Waals surface area contributed by atoms with Crippen molar-refractivity contribution in [2.75, 3.05) is 17.1 Å². The zero-order valence-corrected chi connectivity index (χ0v) is 27.8. The van der Waals surface area contributed by atoms with Crippen molar-refractivity contribution in [1.82, 2.24) is 10.2 Å². The number of para-hydroxylation sites is 1. The molecule has 3 aromatic carbocycles. The predicted molar refractivity (Wildman–Crippen MR) is 179 cm³/mol. The van der Waals surface area contributed by atoms with Crippen LogP contribution in [0.4, 0.5) is 5.69 Å². The van der Waals surface area contributed by atoms with Crippen LogP contribution >= 0.6 is 23.2 Å². The molecule has 236 valence electrons. The summed E-state index contributed by atoms with van der Waals surface area (Å²) >= 11 is 12.5. The minimum atomic E-state index is -3.87. The Morgan fingerprint density at radius 1 is 0.886 bits per heavy atom. The number of carbonyl (C=O) groups is 2. The van der Waals surface area contributed by atoms with Crippen LogP contribution in [0.5, 0.6) is 0 Å². The SMILES string of the molecule is CC(C)c1ccccc1N(CC(=O)N(Cc1ccc(Cl)c(Cl)c1)[C@H](Cc1ccccc1)C(=O)NC1CCCCC1)S(C)(=O)=O. The van der Waals surface area contributed by atoms with Gasteiger partial charge in [-0.05, 0) is 53.6 Å². The summed E-state index contributed by atoms with van der Waals surface area (Å²) in [4.78, 5) is 30.0. The molecule has 1 atom stereocenters. The van der Waals surface area contributed by atoms with Gasteiger partial charge in [-0.15, -0.1) is 0 Å². The molecular weight excluding hydrogens is 617 g/mol. The Bertz CT molecular complexity index is 1540. The molecule has 3 aromatic rings. The summed E-state index contributed by atoms with van der Waals surface area (Å²) in [6.45, 7) is 3.52. The van der Waals surface area contributed by atoms with Crippen molar-refractivity contribution in [2.24, 2.45) is 0 Å². The van der Waals surface area contributed by atoms with Crippen LogP contribution in [0, 0.1) is 0 Å². The fourth-order valence-electron chi connectivity index (χ4n) is 5.73. The smallest absolute Gasteiger partial charge is 0.244 e. The molecule has 1 aliphatic carbocycles. The van der Waals surface area contributed by atoms with Crippen molar-refractivity contribution < 1.29 is 18.0 Å². The van der Waals surface area contributed by atoms with Crippen molar-refractivity contribution >= 4 is 50.7 Å². The van der Waals surface area contributed by atoms with Crippen molar-refractivity contribution in [1.29, 1.82) is 0 Å². The zero-order valence-electron chi connectivity index (χ0n) is 25.5. The Hall–Kier alpha value is -3.07. The minimum absolute atomic E-state index is 0.0185. The molecule has 2 amide bonds. The van der Waals surface area contributed by atoms with Gasteiger partial charge >= 0.3 is 0 Å². The maximum absolute atomic E-state index is 14.4. The van der Waals surface area contributed by atoms with E-state index in [-0.39, 0.29) is 30.8 Å². The van der Waals surface area contributed by atoms with E-state index in [0.29, 0.717) is 21.3 Å². The second kappa shape index (κ2) is 15.3. The number of halogens is 2. The highest BCUT2D eigenvalue weighted by Gasteiger charge is 2.34. The first-order valence-corrected chi connectivity index (χ1v) is 17.7. The highest BCUT2D eigenvalue weighted by Crippen LogP contribution is 2.30. The van der Waals surface area contributed by atoms with Gasteiger partial charge in [-0.1, -0.05) is 111 Å².